The zero-order valence-electron chi connectivity index (χ0n) is 21.2. The summed E-state index contributed by atoms with van der Waals surface area (Å²) in [5, 5.41) is 32.7. The number of thioether (sulfide) groups is 1. The van der Waals surface area contributed by atoms with E-state index < -0.39 is 12.1 Å². The Hall–Kier alpha value is -2.72. The number of carboxylic acid groups (broad SMARTS) is 1. The molecule has 198 valence electrons. The minimum atomic E-state index is -0.849. The van der Waals surface area contributed by atoms with Gasteiger partial charge in [0.1, 0.15) is 5.75 Å². The van der Waals surface area contributed by atoms with Gasteiger partial charge in [0, 0.05) is 35.6 Å². The highest BCUT2D eigenvalue weighted by Crippen LogP contribution is 2.42. The smallest absolute Gasteiger partial charge is 0.303 e. The molecule has 1 aliphatic heterocycles. The van der Waals surface area contributed by atoms with Crippen LogP contribution in [0.2, 0.25) is 0 Å². The average molecular weight is 526 g/mol. The topological polar surface area (TPSA) is 116 Å². The molecule has 0 amide bonds. The number of piperidine rings is 1. The van der Waals surface area contributed by atoms with Gasteiger partial charge in [0.05, 0.1) is 36.8 Å². The van der Waals surface area contributed by atoms with Crippen molar-refractivity contribution in [1.29, 1.82) is 0 Å². The fourth-order valence-electron chi connectivity index (χ4n) is 5.27. The van der Waals surface area contributed by atoms with Crippen LogP contribution >= 0.6 is 11.8 Å². The van der Waals surface area contributed by atoms with Crippen molar-refractivity contribution in [2.45, 2.75) is 49.8 Å². The molecule has 3 N–H and O–H groups in total. The van der Waals surface area contributed by atoms with Crippen LogP contribution in [0.4, 0.5) is 0 Å². The van der Waals surface area contributed by atoms with Crippen LogP contribution < -0.4 is 4.74 Å². The van der Waals surface area contributed by atoms with E-state index in [-0.39, 0.29) is 18.4 Å². The fraction of sp³-hybridized carbons (Fsp3) is 0.464. The first-order chi connectivity index (χ1) is 17.9. The SMILES string of the molecule is COc1ccc2ncc(CO)c([C@H](O)CCC3(CC(=O)O)CCN(CCSc4ccccn4)CC3)c2c1. The predicted molar refractivity (Wildman–Crippen MR) is 144 cm³/mol. The number of hydrogen-bond donors (Lipinski definition) is 3. The zero-order valence-corrected chi connectivity index (χ0v) is 22.0. The number of carboxylic acids is 1. The summed E-state index contributed by atoms with van der Waals surface area (Å²) in [6.07, 6.45) is 5.19. The first-order valence-corrected chi connectivity index (χ1v) is 13.6. The number of pyridine rings is 2. The number of hydrogen-bond acceptors (Lipinski definition) is 8. The molecule has 3 aromatic rings. The lowest BCUT2D eigenvalue weighted by Crippen LogP contribution is -2.42. The van der Waals surface area contributed by atoms with Crippen LogP contribution in [-0.4, -0.2) is 68.7 Å². The number of aliphatic hydroxyl groups is 2. The summed E-state index contributed by atoms with van der Waals surface area (Å²) in [5.74, 6) is 0.780. The minimum Gasteiger partial charge on any atom is -0.497 e. The van der Waals surface area contributed by atoms with E-state index in [1.807, 2.05) is 36.4 Å². The molecule has 0 radical (unpaired) electrons. The molecule has 1 atom stereocenters. The molecule has 1 aromatic carbocycles. The summed E-state index contributed by atoms with van der Waals surface area (Å²) in [5.41, 5.74) is 1.56. The van der Waals surface area contributed by atoms with Crippen LogP contribution in [0.1, 0.15) is 49.3 Å². The molecule has 0 spiro atoms. The van der Waals surface area contributed by atoms with Crippen molar-refractivity contribution in [1.82, 2.24) is 14.9 Å². The van der Waals surface area contributed by atoms with Gasteiger partial charge in [-0.3, -0.25) is 9.78 Å². The monoisotopic (exact) mass is 525 g/mol. The minimum absolute atomic E-state index is 0.0913. The molecule has 37 heavy (non-hydrogen) atoms. The van der Waals surface area contributed by atoms with Crippen molar-refractivity contribution in [2.24, 2.45) is 5.41 Å². The molecule has 0 saturated carbocycles. The van der Waals surface area contributed by atoms with Crippen molar-refractivity contribution < 1.29 is 24.9 Å². The lowest BCUT2D eigenvalue weighted by molar-refractivity contribution is -0.141. The predicted octanol–water partition coefficient (Wildman–Crippen LogP) is 4.29. The largest absolute Gasteiger partial charge is 0.497 e. The Bertz CT molecular complexity index is 1180. The highest BCUT2D eigenvalue weighted by molar-refractivity contribution is 7.99. The molecule has 3 heterocycles. The number of aromatic nitrogens is 2. The third-order valence-corrected chi connectivity index (χ3v) is 8.31. The Balaban J connectivity index is 1.42. The Morgan fingerprint density at radius 2 is 2.03 bits per heavy atom. The number of aliphatic carboxylic acids is 1. The molecule has 8 nitrogen and oxygen atoms in total. The van der Waals surface area contributed by atoms with Gasteiger partial charge in [-0.2, -0.15) is 0 Å². The van der Waals surface area contributed by atoms with Gasteiger partial charge in [-0.25, -0.2) is 4.98 Å². The number of benzene rings is 1. The van der Waals surface area contributed by atoms with E-state index in [0.29, 0.717) is 35.2 Å². The van der Waals surface area contributed by atoms with E-state index in [4.69, 9.17) is 4.74 Å². The number of nitrogens with zero attached hydrogens (tertiary/aromatic N) is 3. The van der Waals surface area contributed by atoms with Crippen LogP contribution in [0.25, 0.3) is 10.9 Å². The maximum Gasteiger partial charge on any atom is 0.303 e. The molecule has 1 saturated heterocycles. The van der Waals surface area contributed by atoms with Gasteiger partial charge in [0.25, 0.3) is 0 Å². The third kappa shape index (κ3) is 6.98. The van der Waals surface area contributed by atoms with Gasteiger partial charge in [-0.15, -0.1) is 11.8 Å². The molecular weight excluding hydrogens is 490 g/mol. The second-order valence-electron chi connectivity index (χ2n) is 9.72. The third-order valence-electron chi connectivity index (χ3n) is 7.39. The average Bonchev–Trinajstić information content (AvgIpc) is 2.92. The van der Waals surface area contributed by atoms with Crippen LogP contribution in [0.5, 0.6) is 5.75 Å². The normalized spacial score (nSPS) is 16.5. The summed E-state index contributed by atoms with van der Waals surface area (Å²) in [6, 6.07) is 11.4. The maximum absolute atomic E-state index is 11.8. The first-order valence-electron chi connectivity index (χ1n) is 12.7. The van der Waals surface area contributed by atoms with Crippen LogP contribution in [0.3, 0.4) is 0 Å². The Morgan fingerprint density at radius 1 is 1.22 bits per heavy atom. The van der Waals surface area contributed by atoms with Crippen LogP contribution in [-0.2, 0) is 11.4 Å². The molecule has 0 aliphatic carbocycles. The van der Waals surface area contributed by atoms with Gasteiger partial charge in [-0.05, 0) is 80.1 Å². The zero-order chi connectivity index (χ0) is 26.3. The van der Waals surface area contributed by atoms with E-state index in [1.165, 1.54) is 0 Å². The standard InChI is InChI=1S/C28H35N3O5S/c1-36-21-5-6-23-22(16-21)27(20(19-32)18-30-23)24(33)7-8-28(17-26(34)35)9-12-31(13-10-28)14-15-37-25-4-2-3-11-29-25/h2-6,11,16,18,24,32-33H,7-10,12-15,17,19H2,1H3,(H,34,35)/t24-/m1/s1. The number of rotatable bonds is 12. The summed E-state index contributed by atoms with van der Waals surface area (Å²) >= 11 is 1.73. The number of carbonyl (C=O) groups is 1. The number of aliphatic hydroxyl groups excluding tert-OH is 2. The quantitative estimate of drug-likeness (QED) is 0.298. The van der Waals surface area contributed by atoms with E-state index in [0.717, 1.165) is 48.6 Å². The van der Waals surface area contributed by atoms with Crippen molar-refractivity contribution >= 4 is 28.6 Å². The van der Waals surface area contributed by atoms with Crippen molar-refractivity contribution in [3.05, 3.63) is 59.9 Å². The molecular formula is C28H35N3O5S. The van der Waals surface area contributed by atoms with Gasteiger partial charge < -0.3 is 25.0 Å². The highest BCUT2D eigenvalue weighted by Gasteiger charge is 2.37. The van der Waals surface area contributed by atoms with Gasteiger partial charge in [0.2, 0.25) is 0 Å². The van der Waals surface area contributed by atoms with Crippen molar-refractivity contribution in [3.8, 4) is 5.75 Å². The van der Waals surface area contributed by atoms with E-state index in [1.54, 1.807) is 31.3 Å². The summed E-state index contributed by atoms with van der Waals surface area (Å²) in [6.45, 7) is 2.36. The molecule has 9 heteroatoms. The Morgan fingerprint density at radius 3 is 2.70 bits per heavy atom. The second-order valence-corrected chi connectivity index (χ2v) is 10.8. The first kappa shape index (κ1) is 27.3. The Kier molecular flexibility index (Phi) is 9.37. The lowest BCUT2D eigenvalue weighted by atomic mass is 9.71. The van der Waals surface area contributed by atoms with Crippen LogP contribution in [0.15, 0.2) is 53.8 Å². The fourth-order valence-corrected chi connectivity index (χ4v) is 6.13. The molecule has 4 rings (SSSR count). The second kappa shape index (κ2) is 12.7. The highest BCUT2D eigenvalue weighted by atomic mass is 32.2. The van der Waals surface area contributed by atoms with E-state index >= 15 is 0 Å². The summed E-state index contributed by atoms with van der Waals surface area (Å²) < 4.78 is 5.36. The van der Waals surface area contributed by atoms with Gasteiger partial charge in [0.15, 0.2) is 0 Å². The number of likely N-dealkylation sites (tertiary alicyclic amines) is 1. The van der Waals surface area contributed by atoms with E-state index in [2.05, 4.69) is 14.9 Å². The molecule has 0 unspecified atom stereocenters. The van der Waals surface area contributed by atoms with Crippen molar-refractivity contribution in [3.63, 3.8) is 0 Å². The summed E-state index contributed by atoms with van der Waals surface area (Å²) in [4.78, 5) is 23.0. The molecule has 0 bridgehead atoms. The number of ether oxygens (including phenoxy) is 1. The van der Waals surface area contributed by atoms with E-state index in [9.17, 15) is 20.1 Å². The molecule has 2 aromatic heterocycles. The number of methoxy groups -OCH3 is 1. The number of fused-ring (bicyclic) bond motifs is 1. The van der Waals surface area contributed by atoms with Gasteiger partial charge >= 0.3 is 5.97 Å². The van der Waals surface area contributed by atoms with Crippen LogP contribution in [0, 0.1) is 5.41 Å². The molecule has 1 fully saturated rings. The molecule has 1 aliphatic rings. The Labute approximate surface area is 221 Å². The summed E-state index contributed by atoms with van der Waals surface area (Å²) in [7, 11) is 1.58. The van der Waals surface area contributed by atoms with Crippen molar-refractivity contribution in [2.75, 3.05) is 32.5 Å². The van der Waals surface area contributed by atoms with Gasteiger partial charge in [-0.1, -0.05) is 6.07 Å². The lowest BCUT2D eigenvalue weighted by Gasteiger charge is -2.41. The maximum atomic E-state index is 11.8.